The number of imidazole rings is 1. The number of carbonyl (C=O) groups is 1. The maximum absolute atomic E-state index is 12.2. The molecule has 6 nitrogen and oxygen atoms in total. The molecule has 1 aromatic rings. The Morgan fingerprint density at radius 1 is 1.58 bits per heavy atom. The molecule has 0 aliphatic carbocycles. The average molecular weight is 267 g/mol. The first-order chi connectivity index (χ1) is 8.81. The summed E-state index contributed by atoms with van der Waals surface area (Å²) in [4.78, 5) is 18.0. The zero-order chi connectivity index (χ0) is 14.2. The molecule has 1 N–H and O–H groups in total. The van der Waals surface area contributed by atoms with Crippen LogP contribution in [-0.2, 0) is 24.8 Å². The molecule has 2 heterocycles. The van der Waals surface area contributed by atoms with E-state index in [1.165, 1.54) is 0 Å². The topological polar surface area (TPSA) is 67.6 Å². The molecule has 0 radical (unpaired) electrons. The molecule has 1 atom stereocenters. The lowest BCUT2D eigenvalue weighted by molar-refractivity contribution is 0.00394. The summed E-state index contributed by atoms with van der Waals surface area (Å²) >= 11 is 0. The number of amides is 1. The Morgan fingerprint density at radius 2 is 2.26 bits per heavy atom. The van der Waals surface area contributed by atoms with Crippen molar-refractivity contribution in [3.8, 4) is 0 Å². The predicted molar refractivity (Wildman–Crippen MR) is 69.6 cm³/mol. The van der Waals surface area contributed by atoms with Crippen LogP contribution in [-0.4, -0.2) is 43.9 Å². The number of ether oxygens (including phenoxy) is 1. The van der Waals surface area contributed by atoms with E-state index in [-0.39, 0.29) is 12.6 Å². The molecule has 2 rings (SSSR count). The van der Waals surface area contributed by atoms with Crippen molar-refractivity contribution in [2.24, 2.45) is 7.05 Å². The fourth-order valence-corrected chi connectivity index (χ4v) is 2.22. The predicted octanol–water partition coefficient (Wildman–Crippen LogP) is 1.07. The third-order valence-corrected chi connectivity index (χ3v) is 3.17. The van der Waals surface area contributed by atoms with E-state index in [0.29, 0.717) is 13.0 Å². The molecule has 106 valence electrons. The lowest BCUT2D eigenvalue weighted by atomic mass is 10.0. The van der Waals surface area contributed by atoms with Crippen molar-refractivity contribution in [3.63, 3.8) is 0 Å². The summed E-state index contributed by atoms with van der Waals surface area (Å²) in [6.07, 6.45) is 1.93. The SMILES string of the molecule is Cn1cnc2c1CC(CO)N(C(=O)OC(C)(C)C)C2. The molecule has 0 aromatic carbocycles. The van der Waals surface area contributed by atoms with Gasteiger partial charge in [0, 0.05) is 19.2 Å². The van der Waals surface area contributed by atoms with Crippen LogP contribution in [0.15, 0.2) is 6.33 Å². The molecule has 0 saturated heterocycles. The molecule has 1 amide bonds. The average Bonchev–Trinajstić information content (AvgIpc) is 2.67. The molecule has 0 spiro atoms. The number of hydrogen-bond donors (Lipinski definition) is 1. The standard InChI is InChI=1S/C13H21N3O3/c1-13(2,3)19-12(18)16-6-10-11(5-9(16)7-17)15(4)8-14-10/h8-9,17H,5-7H2,1-4H3. The minimum absolute atomic E-state index is 0.0795. The van der Waals surface area contributed by atoms with Crippen LogP contribution >= 0.6 is 0 Å². The van der Waals surface area contributed by atoms with Crippen molar-refractivity contribution in [1.29, 1.82) is 0 Å². The molecule has 1 unspecified atom stereocenters. The number of hydrogen-bond acceptors (Lipinski definition) is 4. The highest BCUT2D eigenvalue weighted by Crippen LogP contribution is 2.23. The number of aliphatic hydroxyl groups excluding tert-OH is 1. The van der Waals surface area contributed by atoms with Gasteiger partial charge < -0.3 is 14.4 Å². The van der Waals surface area contributed by atoms with E-state index >= 15 is 0 Å². The molecule has 6 heteroatoms. The summed E-state index contributed by atoms with van der Waals surface area (Å²) in [5.74, 6) is 0. The first-order valence-electron chi connectivity index (χ1n) is 6.41. The summed E-state index contributed by atoms with van der Waals surface area (Å²) in [5, 5.41) is 9.48. The Kier molecular flexibility index (Phi) is 3.54. The number of rotatable bonds is 1. The number of fused-ring (bicyclic) bond motifs is 1. The van der Waals surface area contributed by atoms with E-state index < -0.39 is 11.7 Å². The van der Waals surface area contributed by atoms with Crippen molar-refractivity contribution in [2.45, 2.75) is 45.4 Å². The lowest BCUT2D eigenvalue weighted by Gasteiger charge is -2.35. The Hall–Kier alpha value is -1.56. The minimum Gasteiger partial charge on any atom is -0.444 e. The summed E-state index contributed by atoms with van der Waals surface area (Å²) in [7, 11) is 1.92. The Labute approximate surface area is 113 Å². The molecule has 0 bridgehead atoms. The van der Waals surface area contributed by atoms with Gasteiger partial charge in [-0.05, 0) is 20.8 Å². The largest absolute Gasteiger partial charge is 0.444 e. The number of carbonyl (C=O) groups excluding carboxylic acids is 1. The summed E-state index contributed by atoms with van der Waals surface area (Å²) < 4.78 is 7.31. The second-order valence-corrected chi connectivity index (χ2v) is 5.90. The van der Waals surface area contributed by atoms with Crippen molar-refractivity contribution in [3.05, 3.63) is 17.7 Å². The van der Waals surface area contributed by atoms with Gasteiger partial charge in [-0.3, -0.25) is 4.90 Å². The molecule has 0 saturated carbocycles. The Bertz CT molecular complexity index is 476. The van der Waals surface area contributed by atoms with Crippen LogP contribution in [0.5, 0.6) is 0 Å². The summed E-state index contributed by atoms with van der Waals surface area (Å²) in [6.45, 7) is 5.79. The van der Waals surface area contributed by atoms with Crippen LogP contribution in [0.1, 0.15) is 32.2 Å². The number of aromatic nitrogens is 2. The van der Waals surface area contributed by atoms with Gasteiger partial charge >= 0.3 is 6.09 Å². The summed E-state index contributed by atoms with van der Waals surface area (Å²) in [5.41, 5.74) is 1.40. The fourth-order valence-electron chi connectivity index (χ4n) is 2.22. The van der Waals surface area contributed by atoms with Gasteiger partial charge in [0.25, 0.3) is 0 Å². The monoisotopic (exact) mass is 267 g/mol. The molecule has 1 aromatic heterocycles. The third-order valence-electron chi connectivity index (χ3n) is 3.17. The third kappa shape index (κ3) is 2.89. The minimum atomic E-state index is -0.540. The Balaban J connectivity index is 2.19. The van der Waals surface area contributed by atoms with Gasteiger partial charge in [0.2, 0.25) is 0 Å². The molecule has 1 aliphatic rings. The van der Waals surface area contributed by atoms with Crippen molar-refractivity contribution < 1.29 is 14.6 Å². The van der Waals surface area contributed by atoms with Crippen LogP contribution in [0.25, 0.3) is 0 Å². The van der Waals surface area contributed by atoms with E-state index in [4.69, 9.17) is 4.74 Å². The zero-order valence-corrected chi connectivity index (χ0v) is 11.9. The first kappa shape index (κ1) is 13.9. The van der Waals surface area contributed by atoms with Crippen LogP contribution in [0.4, 0.5) is 4.79 Å². The quantitative estimate of drug-likeness (QED) is 0.826. The highest BCUT2D eigenvalue weighted by Gasteiger charge is 2.34. The van der Waals surface area contributed by atoms with E-state index in [1.807, 2.05) is 32.4 Å². The van der Waals surface area contributed by atoms with Gasteiger partial charge in [0.1, 0.15) is 5.60 Å². The van der Waals surface area contributed by atoms with Crippen LogP contribution in [0.2, 0.25) is 0 Å². The van der Waals surface area contributed by atoms with Crippen LogP contribution in [0.3, 0.4) is 0 Å². The summed E-state index contributed by atoms with van der Waals surface area (Å²) in [6, 6.07) is -0.252. The van der Waals surface area contributed by atoms with Crippen LogP contribution < -0.4 is 0 Å². The van der Waals surface area contributed by atoms with Gasteiger partial charge in [-0.2, -0.15) is 0 Å². The van der Waals surface area contributed by atoms with Gasteiger partial charge in [0.05, 0.1) is 31.2 Å². The number of nitrogens with zero attached hydrogens (tertiary/aromatic N) is 3. The number of aliphatic hydroxyl groups is 1. The van der Waals surface area contributed by atoms with Gasteiger partial charge in [-0.1, -0.05) is 0 Å². The van der Waals surface area contributed by atoms with Gasteiger partial charge in [0.15, 0.2) is 0 Å². The van der Waals surface area contributed by atoms with E-state index in [1.54, 1.807) is 11.2 Å². The number of aryl methyl sites for hydroxylation is 1. The normalized spacial score (nSPS) is 19.2. The Morgan fingerprint density at radius 3 is 2.84 bits per heavy atom. The van der Waals surface area contributed by atoms with E-state index in [2.05, 4.69) is 4.98 Å². The smallest absolute Gasteiger partial charge is 0.410 e. The lowest BCUT2D eigenvalue weighted by Crippen LogP contribution is -2.48. The fraction of sp³-hybridized carbons (Fsp3) is 0.692. The zero-order valence-electron chi connectivity index (χ0n) is 11.9. The van der Waals surface area contributed by atoms with Crippen molar-refractivity contribution in [1.82, 2.24) is 14.5 Å². The molecular formula is C13H21N3O3. The molecular weight excluding hydrogens is 246 g/mol. The van der Waals surface area contributed by atoms with Gasteiger partial charge in [-0.15, -0.1) is 0 Å². The second-order valence-electron chi connectivity index (χ2n) is 5.90. The maximum Gasteiger partial charge on any atom is 0.410 e. The van der Waals surface area contributed by atoms with Gasteiger partial charge in [-0.25, -0.2) is 9.78 Å². The first-order valence-corrected chi connectivity index (χ1v) is 6.41. The molecule has 1 aliphatic heterocycles. The molecule has 0 fully saturated rings. The van der Waals surface area contributed by atoms with Crippen LogP contribution in [0, 0.1) is 0 Å². The van der Waals surface area contributed by atoms with Crippen molar-refractivity contribution >= 4 is 6.09 Å². The van der Waals surface area contributed by atoms with Crippen molar-refractivity contribution in [2.75, 3.05) is 6.61 Å². The maximum atomic E-state index is 12.2. The highest BCUT2D eigenvalue weighted by atomic mass is 16.6. The van der Waals surface area contributed by atoms with E-state index in [0.717, 1.165) is 11.4 Å². The second kappa shape index (κ2) is 4.85. The van der Waals surface area contributed by atoms with E-state index in [9.17, 15) is 9.90 Å². The highest BCUT2D eigenvalue weighted by molar-refractivity contribution is 5.69. The molecule has 19 heavy (non-hydrogen) atoms.